The number of rotatable bonds is 4. The van der Waals surface area contributed by atoms with Gasteiger partial charge in [0.25, 0.3) is 0 Å². The molecule has 124 valence electrons. The van der Waals surface area contributed by atoms with Gasteiger partial charge in [-0.1, -0.05) is 11.6 Å². The number of hydroxylamine groups is 1. The Kier molecular flexibility index (Phi) is 4.58. The highest BCUT2D eigenvalue weighted by molar-refractivity contribution is 9.10. The van der Waals surface area contributed by atoms with Crippen LogP contribution in [0.4, 0.5) is 0 Å². The number of ether oxygens (including phenoxy) is 1. The van der Waals surface area contributed by atoms with Crippen molar-refractivity contribution in [3.63, 3.8) is 0 Å². The molecule has 0 fully saturated rings. The third kappa shape index (κ3) is 3.15. The zero-order valence-electron chi connectivity index (χ0n) is 12.8. The van der Waals surface area contributed by atoms with E-state index in [9.17, 15) is 4.79 Å². The quantitative estimate of drug-likeness (QED) is 0.782. The number of hydrogen-bond donors (Lipinski definition) is 1. The van der Waals surface area contributed by atoms with Crippen molar-refractivity contribution in [3.8, 4) is 5.88 Å². The molecule has 1 aliphatic heterocycles. The summed E-state index contributed by atoms with van der Waals surface area (Å²) in [5, 5.41) is 0.553. The average Bonchev–Trinajstić information content (AvgIpc) is 2.99. The van der Waals surface area contributed by atoms with Crippen LogP contribution in [-0.2, 0) is 4.84 Å². The second-order valence-electron chi connectivity index (χ2n) is 5.17. The first-order valence-corrected chi connectivity index (χ1v) is 8.15. The van der Waals surface area contributed by atoms with Crippen molar-refractivity contribution < 1.29 is 14.4 Å². The monoisotopic (exact) mass is 409 g/mol. The van der Waals surface area contributed by atoms with Crippen molar-refractivity contribution in [3.05, 3.63) is 57.2 Å². The highest BCUT2D eigenvalue weighted by Crippen LogP contribution is 2.26. The summed E-state index contributed by atoms with van der Waals surface area (Å²) >= 11 is 9.19. The molecule has 2 aromatic rings. The van der Waals surface area contributed by atoms with Crippen LogP contribution in [0.15, 0.2) is 45.9 Å². The number of benzene rings is 1. The molecule has 1 unspecified atom stereocenters. The van der Waals surface area contributed by atoms with E-state index >= 15 is 0 Å². The van der Waals surface area contributed by atoms with Gasteiger partial charge in [0.05, 0.1) is 11.6 Å². The van der Waals surface area contributed by atoms with Crippen LogP contribution in [0.2, 0.25) is 5.02 Å². The first-order valence-electron chi connectivity index (χ1n) is 6.98. The molecular weight excluding hydrogens is 398 g/mol. The molecule has 2 heterocycles. The van der Waals surface area contributed by atoms with E-state index in [1.165, 1.54) is 7.11 Å². The minimum atomic E-state index is -1.38. The number of Topliss-reactive ketones (excluding diaryl/α,β-unsaturated/α-hetero) is 1. The van der Waals surface area contributed by atoms with Gasteiger partial charge in [-0.15, -0.1) is 0 Å². The van der Waals surface area contributed by atoms with Gasteiger partial charge >= 0.3 is 0 Å². The SMILES string of the molecule is COc1nc(C2=NC(C)(C(=O)c3ccc(Cl)cc3)ON2)ccc1Br. The van der Waals surface area contributed by atoms with Gasteiger partial charge in [0.15, 0.2) is 5.84 Å². The maximum atomic E-state index is 12.7. The summed E-state index contributed by atoms with van der Waals surface area (Å²) < 4.78 is 5.88. The molecule has 0 spiro atoms. The third-order valence-electron chi connectivity index (χ3n) is 3.45. The Hall–Kier alpha value is -1.96. The fourth-order valence-corrected chi connectivity index (χ4v) is 2.69. The second kappa shape index (κ2) is 6.51. The number of carbonyl (C=O) groups is 1. The van der Waals surface area contributed by atoms with Crippen molar-refractivity contribution in [1.82, 2.24) is 10.5 Å². The molecule has 0 radical (unpaired) electrons. The number of pyridine rings is 1. The van der Waals surface area contributed by atoms with Gasteiger partial charge in [-0.25, -0.2) is 20.3 Å². The summed E-state index contributed by atoms with van der Waals surface area (Å²) in [6.45, 7) is 1.58. The Morgan fingerprint density at radius 2 is 2.00 bits per heavy atom. The predicted octanol–water partition coefficient (Wildman–Crippen LogP) is 3.39. The zero-order chi connectivity index (χ0) is 17.3. The minimum Gasteiger partial charge on any atom is -0.480 e. The average molecular weight is 411 g/mol. The summed E-state index contributed by atoms with van der Waals surface area (Å²) in [5.41, 5.74) is 2.24. The number of ketones is 1. The molecule has 24 heavy (non-hydrogen) atoms. The topological polar surface area (TPSA) is 72.8 Å². The Labute approximate surface area is 151 Å². The molecule has 8 heteroatoms. The molecular formula is C16H13BrClN3O3. The molecule has 1 aromatic heterocycles. The Morgan fingerprint density at radius 3 is 2.67 bits per heavy atom. The standard InChI is InChI=1S/C16H13BrClN3O3/c1-16(13(22)9-3-5-10(18)6-4-9)20-14(21-24-16)12-8-7-11(17)15(19-12)23-2/h3-8H,1-2H3,(H,20,21). The van der Waals surface area contributed by atoms with E-state index in [4.69, 9.17) is 21.2 Å². The number of methoxy groups -OCH3 is 1. The Balaban J connectivity index is 1.91. The van der Waals surface area contributed by atoms with Crippen molar-refractivity contribution in [1.29, 1.82) is 0 Å². The lowest BCUT2D eigenvalue weighted by Gasteiger charge is -2.16. The van der Waals surface area contributed by atoms with E-state index in [0.717, 1.165) is 0 Å². The highest BCUT2D eigenvalue weighted by atomic mass is 79.9. The number of carbonyl (C=O) groups excluding carboxylic acids is 1. The smallest absolute Gasteiger partial charge is 0.247 e. The van der Waals surface area contributed by atoms with E-state index in [0.29, 0.717) is 32.5 Å². The van der Waals surface area contributed by atoms with Crippen molar-refractivity contribution >= 4 is 39.1 Å². The largest absolute Gasteiger partial charge is 0.480 e. The van der Waals surface area contributed by atoms with Crippen LogP contribution >= 0.6 is 27.5 Å². The normalized spacial score (nSPS) is 19.6. The Bertz CT molecular complexity index is 826. The van der Waals surface area contributed by atoms with Gasteiger partial charge in [0.1, 0.15) is 5.69 Å². The zero-order valence-corrected chi connectivity index (χ0v) is 15.2. The predicted molar refractivity (Wildman–Crippen MR) is 93.4 cm³/mol. The number of aliphatic imine (C=N–C) groups is 1. The van der Waals surface area contributed by atoms with Crippen LogP contribution in [0.1, 0.15) is 23.0 Å². The molecule has 1 aliphatic rings. The second-order valence-corrected chi connectivity index (χ2v) is 6.46. The molecule has 0 aliphatic carbocycles. The van der Waals surface area contributed by atoms with Crippen molar-refractivity contribution in [2.75, 3.05) is 7.11 Å². The maximum absolute atomic E-state index is 12.7. The van der Waals surface area contributed by atoms with Crippen LogP contribution in [0.3, 0.4) is 0 Å². The summed E-state index contributed by atoms with van der Waals surface area (Å²) in [4.78, 5) is 26.8. The first-order chi connectivity index (χ1) is 11.4. The third-order valence-corrected chi connectivity index (χ3v) is 4.30. The van der Waals surface area contributed by atoms with Gasteiger partial charge in [-0.3, -0.25) is 4.79 Å². The lowest BCUT2D eigenvalue weighted by Crippen LogP contribution is -2.35. The number of halogens is 2. The molecule has 0 bridgehead atoms. The highest BCUT2D eigenvalue weighted by Gasteiger charge is 2.40. The lowest BCUT2D eigenvalue weighted by molar-refractivity contribution is -0.0229. The summed E-state index contributed by atoms with van der Waals surface area (Å²) in [6, 6.07) is 10.1. The lowest BCUT2D eigenvalue weighted by atomic mass is 10.0. The first kappa shape index (κ1) is 16.9. The number of amidine groups is 1. The van der Waals surface area contributed by atoms with Crippen LogP contribution in [-0.4, -0.2) is 29.4 Å². The number of nitrogens with zero attached hydrogens (tertiary/aromatic N) is 2. The van der Waals surface area contributed by atoms with E-state index in [1.54, 1.807) is 43.3 Å². The fourth-order valence-electron chi connectivity index (χ4n) is 2.18. The number of aromatic nitrogens is 1. The summed E-state index contributed by atoms with van der Waals surface area (Å²) in [7, 11) is 1.52. The van der Waals surface area contributed by atoms with Crippen LogP contribution in [0, 0.1) is 0 Å². The molecule has 0 saturated heterocycles. The van der Waals surface area contributed by atoms with Crippen LogP contribution in [0.25, 0.3) is 0 Å². The van der Waals surface area contributed by atoms with Crippen LogP contribution < -0.4 is 10.2 Å². The molecule has 0 saturated carbocycles. The molecule has 3 rings (SSSR count). The van der Waals surface area contributed by atoms with Gasteiger partial charge < -0.3 is 4.74 Å². The van der Waals surface area contributed by atoms with Crippen molar-refractivity contribution in [2.24, 2.45) is 4.99 Å². The molecule has 1 aromatic carbocycles. The molecule has 6 nitrogen and oxygen atoms in total. The molecule has 0 amide bonds. The van der Waals surface area contributed by atoms with E-state index in [1.807, 2.05) is 0 Å². The van der Waals surface area contributed by atoms with Gasteiger partial charge in [-0.2, -0.15) is 0 Å². The number of hydrogen-bond acceptors (Lipinski definition) is 6. The minimum absolute atomic E-state index is 0.286. The van der Waals surface area contributed by atoms with Gasteiger partial charge in [0, 0.05) is 10.6 Å². The fraction of sp³-hybridized carbons (Fsp3) is 0.188. The van der Waals surface area contributed by atoms with E-state index in [2.05, 4.69) is 31.4 Å². The van der Waals surface area contributed by atoms with Crippen LogP contribution in [0.5, 0.6) is 5.88 Å². The summed E-state index contributed by atoms with van der Waals surface area (Å²) in [5.74, 6) is 0.478. The Morgan fingerprint density at radius 1 is 1.29 bits per heavy atom. The summed E-state index contributed by atoms with van der Waals surface area (Å²) in [6.07, 6.45) is 0. The van der Waals surface area contributed by atoms with Crippen molar-refractivity contribution in [2.45, 2.75) is 12.6 Å². The van der Waals surface area contributed by atoms with E-state index < -0.39 is 5.72 Å². The molecule has 1 atom stereocenters. The van der Waals surface area contributed by atoms with E-state index in [-0.39, 0.29) is 5.78 Å². The van der Waals surface area contributed by atoms with Gasteiger partial charge in [0.2, 0.25) is 17.4 Å². The van der Waals surface area contributed by atoms with Gasteiger partial charge in [-0.05, 0) is 59.3 Å². The molecule has 1 N–H and O–H groups in total. The maximum Gasteiger partial charge on any atom is 0.247 e. The number of nitrogens with one attached hydrogen (secondary N) is 1.